The van der Waals surface area contributed by atoms with Crippen LogP contribution >= 0.6 is 0 Å². The second-order valence-corrected chi connectivity index (χ2v) is 5.33. The van der Waals surface area contributed by atoms with Crippen LogP contribution in [0.15, 0.2) is 29.2 Å². The highest BCUT2D eigenvalue weighted by Gasteiger charge is 2.25. The van der Waals surface area contributed by atoms with Gasteiger partial charge in [-0.25, -0.2) is 4.98 Å². The minimum Gasteiger partial charge on any atom is -0.366 e. The predicted molar refractivity (Wildman–Crippen MR) is 83.1 cm³/mol. The van der Waals surface area contributed by atoms with E-state index in [2.05, 4.69) is 16.2 Å². The summed E-state index contributed by atoms with van der Waals surface area (Å²) in [5, 5.41) is 11.7. The van der Waals surface area contributed by atoms with Crippen LogP contribution in [-0.2, 0) is 7.05 Å². The molecular weight excluding hydrogens is 296 g/mol. The number of nitrogens with one attached hydrogen (secondary N) is 1. The molecule has 0 bridgehead atoms. The summed E-state index contributed by atoms with van der Waals surface area (Å²) >= 11 is 0. The Morgan fingerprint density at radius 2 is 2.09 bits per heavy atom. The molecule has 1 aliphatic rings. The topological polar surface area (TPSA) is 98.0 Å². The molecule has 0 radical (unpaired) electrons. The van der Waals surface area contributed by atoms with Gasteiger partial charge in [-0.15, -0.1) is 0 Å². The van der Waals surface area contributed by atoms with Gasteiger partial charge in [0.05, 0.1) is 5.69 Å². The lowest BCUT2D eigenvalue weighted by Gasteiger charge is -2.36. The summed E-state index contributed by atoms with van der Waals surface area (Å²) in [5.41, 5.74) is 1.24. The number of pyridine rings is 1. The number of amides is 1. The van der Waals surface area contributed by atoms with Gasteiger partial charge in [-0.2, -0.15) is 5.26 Å². The molecule has 0 saturated carbocycles. The van der Waals surface area contributed by atoms with E-state index in [-0.39, 0.29) is 11.5 Å². The Hall–Kier alpha value is -3.08. The Labute approximate surface area is 132 Å². The Bertz CT molecular complexity index is 823. The number of H-pyrrole nitrogens is 1. The predicted octanol–water partition coefficient (Wildman–Crippen LogP) is -0.0575. The van der Waals surface area contributed by atoms with Crippen LogP contribution in [0.1, 0.15) is 16.2 Å². The Kier molecular flexibility index (Phi) is 3.85. The molecule has 3 rings (SSSR count). The van der Waals surface area contributed by atoms with E-state index in [0.717, 1.165) is 5.69 Å². The molecule has 1 saturated heterocycles. The Morgan fingerprint density at radius 1 is 1.35 bits per heavy atom. The number of piperazine rings is 1. The molecule has 23 heavy (non-hydrogen) atoms. The zero-order valence-corrected chi connectivity index (χ0v) is 12.7. The fourth-order valence-electron chi connectivity index (χ4n) is 2.73. The van der Waals surface area contributed by atoms with Gasteiger partial charge in [0.25, 0.3) is 11.5 Å². The number of carbonyl (C=O) groups excluding carboxylic acids is 1. The van der Waals surface area contributed by atoms with E-state index in [1.807, 2.05) is 11.0 Å². The van der Waals surface area contributed by atoms with Gasteiger partial charge in [0, 0.05) is 45.5 Å². The third kappa shape index (κ3) is 2.81. The number of nitrogens with zero attached hydrogens (tertiary/aromatic N) is 5. The van der Waals surface area contributed by atoms with Crippen LogP contribution in [0, 0.1) is 11.3 Å². The van der Waals surface area contributed by atoms with E-state index in [0.29, 0.717) is 37.6 Å². The Morgan fingerprint density at radius 3 is 2.70 bits per heavy atom. The summed E-state index contributed by atoms with van der Waals surface area (Å²) < 4.78 is 1.44. The highest BCUT2D eigenvalue weighted by molar-refractivity contribution is 5.92. The van der Waals surface area contributed by atoms with E-state index < -0.39 is 0 Å². The van der Waals surface area contributed by atoms with Crippen LogP contribution in [0.4, 0.5) is 5.69 Å². The van der Waals surface area contributed by atoms with Gasteiger partial charge in [-0.3, -0.25) is 19.4 Å². The number of anilines is 1. The molecule has 0 spiro atoms. The van der Waals surface area contributed by atoms with Crippen LogP contribution in [0.25, 0.3) is 0 Å². The summed E-state index contributed by atoms with van der Waals surface area (Å²) in [5.74, 6) is -0.169. The van der Waals surface area contributed by atoms with Crippen molar-refractivity contribution in [2.24, 2.45) is 7.05 Å². The molecule has 0 atom stereocenters. The molecule has 1 amide bonds. The van der Waals surface area contributed by atoms with Crippen LogP contribution in [-0.4, -0.2) is 51.8 Å². The van der Waals surface area contributed by atoms with E-state index in [4.69, 9.17) is 5.26 Å². The number of nitriles is 1. The van der Waals surface area contributed by atoms with Crippen molar-refractivity contribution in [1.29, 1.82) is 5.26 Å². The quantitative estimate of drug-likeness (QED) is 0.838. The molecule has 0 aromatic carbocycles. The van der Waals surface area contributed by atoms with E-state index in [1.54, 1.807) is 24.2 Å². The number of aryl methyl sites for hydroxylation is 1. The highest BCUT2D eigenvalue weighted by Crippen LogP contribution is 2.19. The van der Waals surface area contributed by atoms with Crippen molar-refractivity contribution in [3.63, 3.8) is 0 Å². The van der Waals surface area contributed by atoms with E-state index >= 15 is 0 Å². The van der Waals surface area contributed by atoms with Gasteiger partial charge in [0.2, 0.25) is 0 Å². The maximum absolute atomic E-state index is 12.5. The molecule has 1 fully saturated rings. The molecule has 8 nitrogen and oxygen atoms in total. The van der Waals surface area contributed by atoms with Gasteiger partial charge in [-0.05, 0) is 12.1 Å². The number of hydrogen-bond acceptors (Lipinski definition) is 5. The van der Waals surface area contributed by atoms with Crippen molar-refractivity contribution in [3.05, 3.63) is 46.1 Å². The van der Waals surface area contributed by atoms with Crippen molar-refractivity contribution in [2.75, 3.05) is 31.1 Å². The van der Waals surface area contributed by atoms with Gasteiger partial charge in [-0.1, -0.05) is 0 Å². The summed E-state index contributed by atoms with van der Waals surface area (Å²) in [6, 6.07) is 7.05. The molecular formula is C15H16N6O2. The van der Waals surface area contributed by atoms with Gasteiger partial charge < -0.3 is 9.80 Å². The smallest absolute Gasteiger partial charge is 0.272 e. The summed E-state index contributed by atoms with van der Waals surface area (Å²) in [4.78, 5) is 31.6. The van der Waals surface area contributed by atoms with Crippen LogP contribution in [0.3, 0.4) is 0 Å². The first kappa shape index (κ1) is 14.8. The Balaban J connectivity index is 1.71. The lowest BCUT2D eigenvalue weighted by atomic mass is 10.2. The average molecular weight is 312 g/mol. The number of aromatic nitrogens is 3. The SMILES string of the molecule is Cn1[nH]c(=O)cc1C(=O)N1CCN(c2cccnc2C#N)CC1. The second kappa shape index (κ2) is 5.96. The summed E-state index contributed by atoms with van der Waals surface area (Å²) in [6.07, 6.45) is 1.59. The molecule has 2 aromatic heterocycles. The van der Waals surface area contributed by atoms with Crippen molar-refractivity contribution < 1.29 is 4.79 Å². The molecule has 3 heterocycles. The van der Waals surface area contributed by atoms with Gasteiger partial charge in [0.1, 0.15) is 11.8 Å². The zero-order chi connectivity index (χ0) is 16.4. The molecule has 118 valence electrons. The standard InChI is InChI=1S/C15H16N6O2/c1-19-13(9-14(22)18-19)15(23)21-7-5-20(6-8-21)12-3-2-4-17-11(12)10-16/h2-4,9H,5-8H2,1H3,(H,18,22). The van der Waals surface area contributed by atoms with E-state index in [1.165, 1.54) is 10.7 Å². The summed E-state index contributed by atoms with van der Waals surface area (Å²) in [6.45, 7) is 2.28. The summed E-state index contributed by atoms with van der Waals surface area (Å²) in [7, 11) is 1.64. The van der Waals surface area contributed by atoms with Gasteiger partial charge in [0.15, 0.2) is 5.69 Å². The van der Waals surface area contributed by atoms with Crippen LogP contribution in [0.5, 0.6) is 0 Å². The third-order valence-corrected chi connectivity index (χ3v) is 3.93. The van der Waals surface area contributed by atoms with Crippen molar-refractivity contribution in [3.8, 4) is 6.07 Å². The zero-order valence-electron chi connectivity index (χ0n) is 12.7. The molecule has 0 aliphatic carbocycles. The maximum Gasteiger partial charge on any atom is 0.272 e. The minimum atomic E-state index is -0.288. The largest absolute Gasteiger partial charge is 0.366 e. The first-order valence-electron chi connectivity index (χ1n) is 7.25. The monoisotopic (exact) mass is 312 g/mol. The maximum atomic E-state index is 12.5. The number of aromatic amines is 1. The number of carbonyl (C=O) groups is 1. The number of rotatable bonds is 2. The van der Waals surface area contributed by atoms with Gasteiger partial charge >= 0.3 is 0 Å². The van der Waals surface area contributed by atoms with Crippen molar-refractivity contribution in [1.82, 2.24) is 19.7 Å². The second-order valence-electron chi connectivity index (χ2n) is 5.33. The molecule has 8 heteroatoms. The highest BCUT2D eigenvalue weighted by atomic mass is 16.2. The number of hydrogen-bond donors (Lipinski definition) is 1. The third-order valence-electron chi connectivity index (χ3n) is 3.93. The first-order chi connectivity index (χ1) is 11.1. The van der Waals surface area contributed by atoms with Crippen molar-refractivity contribution >= 4 is 11.6 Å². The molecule has 0 unspecified atom stereocenters. The van der Waals surface area contributed by atoms with E-state index in [9.17, 15) is 9.59 Å². The fraction of sp³-hybridized carbons (Fsp3) is 0.333. The first-order valence-corrected chi connectivity index (χ1v) is 7.25. The minimum absolute atomic E-state index is 0.169. The van der Waals surface area contributed by atoms with Crippen molar-refractivity contribution in [2.45, 2.75) is 0 Å². The lowest BCUT2D eigenvalue weighted by Crippen LogP contribution is -2.49. The average Bonchev–Trinajstić information content (AvgIpc) is 2.92. The molecule has 2 aromatic rings. The lowest BCUT2D eigenvalue weighted by molar-refractivity contribution is 0.0735. The fourth-order valence-corrected chi connectivity index (χ4v) is 2.73. The van der Waals surface area contributed by atoms with Crippen LogP contribution in [0.2, 0.25) is 0 Å². The molecule has 1 N–H and O–H groups in total. The normalized spacial score (nSPS) is 14.6. The van der Waals surface area contributed by atoms with Crippen LogP contribution < -0.4 is 10.5 Å². The molecule has 1 aliphatic heterocycles.